The van der Waals surface area contributed by atoms with Gasteiger partial charge in [-0.1, -0.05) is 31.7 Å². The fraction of sp³-hybridized carbons (Fsp3) is 0.625. The molecule has 19 heavy (non-hydrogen) atoms. The number of ether oxygens (including phenoxy) is 1. The Bertz CT molecular complexity index is 425. The van der Waals surface area contributed by atoms with Crippen LogP contribution in [0.3, 0.4) is 0 Å². The number of hydrazine groups is 1. The van der Waals surface area contributed by atoms with Crippen molar-refractivity contribution in [1.82, 2.24) is 5.43 Å². The van der Waals surface area contributed by atoms with Crippen LogP contribution in [-0.4, -0.2) is 7.11 Å². The van der Waals surface area contributed by atoms with Gasteiger partial charge in [-0.15, -0.1) is 0 Å². The molecule has 1 aliphatic carbocycles. The second kappa shape index (κ2) is 6.40. The molecule has 3 heteroatoms. The normalized spacial score (nSPS) is 17.7. The Morgan fingerprint density at radius 1 is 1.26 bits per heavy atom. The van der Waals surface area contributed by atoms with E-state index in [4.69, 9.17) is 10.6 Å². The highest BCUT2D eigenvalue weighted by Crippen LogP contribution is 2.35. The van der Waals surface area contributed by atoms with Crippen LogP contribution in [0.5, 0.6) is 5.75 Å². The molecule has 0 heterocycles. The summed E-state index contributed by atoms with van der Waals surface area (Å²) in [4.78, 5) is 0. The van der Waals surface area contributed by atoms with E-state index in [-0.39, 0.29) is 6.04 Å². The molecule has 1 saturated carbocycles. The van der Waals surface area contributed by atoms with Crippen LogP contribution in [0.4, 0.5) is 0 Å². The summed E-state index contributed by atoms with van der Waals surface area (Å²) >= 11 is 0. The summed E-state index contributed by atoms with van der Waals surface area (Å²) in [7, 11) is 1.72. The van der Waals surface area contributed by atoms with Crippen molar-refractivity contribution < 1.29 is 4.74 Å². The molecule has 1 atom stereocenters. The van der Waals surface area contributed by atoms with Crippen LogP contribution in [0.25, 0.3) is 0 Å². The fourth-order valence-corrected chi connectivity index (χ4v) is 3.27. The van der Waals surface area contributed by atoms with Gasteiger partial charge in [-0.2, -0.15) is 0 Å². The number of aryl methyl sites for hydroxylation is 2. The summed E-state index contributed by atoms with van der Waals surface area (Å²) in [5.41, 5.74) is 6.75. The van der Waals surface area contributed by atoms with Crippen molar-refractivity contribution in [3.8, 4) is 5.75 Å². The lowest BCUT2D eigenvalue weighted by atomic mass is 9.90. The highest BCUT2D eigenvalue weighted by Gasteiger charge is 2.22. The molecular weight excluding hydrogens is 236 g/mol. The van der Waals surface area contributed by atoms with Crippen LogP contribution in [0.2, 0.25) is 0 Å². The number of benzene rings is 1. The maximum atomic E-state index is 5.79. The minimum atomic E-state index is 0.257. The summed E-state index contributed by atoms with van der Waals surface area (Å²) in [6.45, 7) is 4.22. The van der Waals surface area contributed by atoms with E-state index in [2.05, 4.69) is 31.4 Å². The first-order valence-electron chi connectivity index (χ1n) is 7.27. The second-order valence-electron chi connectivity index (χ2n) is 5.78. The zero-order chi connectivity index (χ0) is 13.8. The molecule has 1 aromatic rings. The average Bonchev–Trinajstić information content (AvgIpc) is 2.91. The molecule has 1 fully saturated rings. The van der Waals surface area contributed by atoms with Crippen LogP contribution >= 0.6 is 0 Å². The van der Waals surface area contributed by atoms with Crippen molar-refractivity contribution in [3.63, 3.8) is 0 Å². The van der Waals surface area contributed by atoms with Gasteiger partial charge in [0.05, 0.1) is 7.11 Å². The van der Waals surface area contributed by atoms with Gasteiger partial charge in [-0.3, -0.25) is 11.3 Å². The van der Waals surface area contributed by atoms with Crippen molar-refractivity contribution in [2.45, 2.75) is 52.0 Å². The molecule has 3 nitrogen and oxygen atoms in total. The van der Waals surface area contributed by atoms with Crippen LogP contribution in [0.15, 0.2) is 12.1 Å². The predicted molar refractivity (Wildman–Crippen MR) is 79.1 cm³/mol. The summed E-state index contributed by atoms with van der Waals surface area (Å²) < 4.78 is 5.38. The minimum Gasteiger partial charge on any atom is -0.496 e. The zero-order valence-electron chi connectivity index (χ0n) is 12.3. The first kappa shape index (κ1) is 14.4. The summed E-state index contributed by atoms with van der Waals surface area (Å²) in [6, 6.07) is 4.59. The first-order chi connectivity index (χ1) is 9.15. The van der Waals surface area contributed by atoms with Gasteiger partial charge < -0.3 is 4.74 Å². The van der Waals surface area contributed by atoms with Crippen molar-refractivity contribution in [2.75, 3.05) is 7.11 Å². The highest BCUT2D eigenvalue weighted by molar-refractivity contribution is 5.42. The third kappa shape index (κ3) is 3.28. The number of hydrogen-bond acceptors (Lipinski definition) is 3. The Kier molecular flexibility index (Phi) is 4.83. The molecule has 0 amide bonds. The van der Waals surface area contributed by atoms with Crippen LogP contribution < -0.4 is 16.0 Å². The topological polar surface area (TPSA) is 47.3 Å². The van der Waals surface area contributed by atoms with Crippen molar-refractivity contribution in [1.29, 1.82) is 0 Å². The van der Waals surface area contributed by atoms with Gasteiger partial charge in [0.1, 0.15) is 5.75 Å². The van der Waals surface area contributed by atoms with Gasteiger partial charge in [0.15, 0.2) is 0 Å². The average molecular weight is 262 g/mol. The lowest BCUT2D eigenvalue weighted by Crippen LogP contribution is -2.30. The Hall–Kier alpha value is -1.06. The standard InChI is InChI=1S/C16H26N2O/c1-11-9-16(19-3)12(2)8-14(11)15(18-17)10-13-6-4-5-7-13/h8-9,13,15,18H,4-7,10,17H2,1-3H3. The number of nitrogens with one attached hydrogen (secondary N) is 1. The molecule has 1 unspecified atom stereocenters. The molecule has 0 radical (unpaired) electrons. The Morgan fingerprint density at radius 2 is 1.95 bits per heavy atom. The van der Waals surface area contributed by atoms with Gasteiger partial charge in [-0.25, -0.2) is 0 Å². The summed E-state index contributed by atoms with van der Waals surface area (Å²) in [6.07, 6.45) is 6.60. The molecule has 0 saturated heterocycles. The molecule has 2 rings (SSSR count). The molecule has 0 aliphatic heterocycles. The molecule has 106 valence electrons. The lowest BCUT2D eigenvalue weighted by molar-refractivity contribution is 0.395. The largest absolute Gasteiger partial charge is 0.496 e. The third-order valence-electron chi connectivity index (χ3n) is 4.40. The van der Waals surface area contributed by atoms with E-state index in [9.17, 15) is 0 Å². The molecule has 0 bridgehead atoms. The first-order valence-corrected chi connectivity index (χ1v) is 7.27. The molecule has 0 aromatic heterocycles. The van der Waals surface area contributed by atoms with E-state index in [0.717, 1.165) is 18.1 Å². The van der Waals surface area contributed by atoms with Crippen molar-refractivity contribution >= 4 is 0 Å². The SMILES string of the molecule is COc1cc(C)c(C(CC2CCCC2)NN)cc1C. The zero-order valence-corrected chi connectivity index (χ0v) is 12.3. The van der Waals surface area contributed by atoms with E-state index in [1.807, 2.05) is 0 Å². The van der Waals surface area contributed by atoms with Gasteiger partial charge in [0, 0.05) is 6.04 Å². The van der Waals surface area contributed by atoms with E-state index >= 15 is 0 Å². The Balaban J connectivity index is 2.19. The van der Waals surface area contributed by atoms with Crippen LogP contribution in [0.1, 0.15) is 54.8 Å². The number of nitrogens with two attached hydrogens (primary N) is 1. The van der Waals surface area contributed by atoms with E-state index in [1.165, 1.54) is 42.4 Å². The van der Waals surface area contributed by atoms with E-state index in [1.54, 1.807) is 7.11 Å². The van der Waals surface area contributed by atoms with E-state index in [0.29, 0.717) is 0 Å². The van der Waals surface area contributed by atoms with Crippen molar-refractivity contribution in [2.24, 2.45) is 11.8 Å². The molecule has 3 N–H and O–H groups in total. The van der Waals surface area contributed by atoms with E-state index < -0.39 is 0 Å². The maximum absolute atomic E-state index is 5.79. The highest BCUT2D eigenvalue weighted by atomic mass is 16.5. The molecule has 0 spiro atoms. The van der Waals surface area contributed by atoms with Crippen molar-refractivity contribution in [3.05, 3.63) is 28.8 Å². The molecule has 1 aromatic carbocycles. The van der Waals surface area contributed by atoms with Gasteiger partial charge >= 0.3 is 0 Å². The number of methoxy groups -OCH3 is 1. The van der Waals surface area contributed by atoms with Crippen LogP contribution in [0, 0.1) is 19.8 Å². The van der Waals surface area contributed by atoms with Gasteiger partial charge in [0.2, 0.25) is 0 Å². The van der Waals surface area contributed by atoms with Gasteiger partial charge in [-0.05, 0) is 48.9 Å². The molecule has 1 aliphatic rings. The van der Waals surface area contributed by atoms with Crippen LogP contribution in [-0.2, 0) is 0 Å². The Labute approximate surface area is 116 Å². The maximum Gasteiger partial charge on any atom is 0.122 e. The Morgan fingerprint density at radius 3 is 2.53 bits per heavy atom. The summed E-state index contributed by atoms with van der Waals surface area (Å²) in [5, 5.41) is 0. The third-order valence-corrected chi connectivity index (χ3v) is 4.40. The van der Waals surface area contributed by atoms with Gasteiger partial charge in [0.25, 0.3) is 0 Å². The second-order valence-corrected chi connectivity index (χ2v) is 5.78. The monoisotopic (exact) mass is 262 g/mol. The summed E-state index contributed by atoms with van der Waals surface area (Å²) in [5.74, 6) is 7.57. The number of hydrogen-bond donors (Lipinski definition) is 2. The predicted octanol–water partition coefficient (Wildman–Crippen LogP) is 3.40. The fourth-order valence-electron chi connectivity index (χ4n) is 3.27. The number of rotatable bonds is 5. The lowest BCUT2D eigenvalue weighted by Gasteiger charge is -2.23. The molecular formula is C16H26N2O. The smallest absolute Gasteiger partial charge is 0.122 e. The quantitative estimate of drug-likeness (QED) is 0.631. The minimum absolute atomic E-state index is 0.257.